The largest absolute Gasteiger partial charge is 0.696 e. The Balaban J connectivity index is 0.000000396. The summed E-state index contributed by atoms with van der Waals surface area (Å²) >= 11 is 0. The van der Waals surface area contributed by atoms with Gasteiger partial charge in [0.05, 0.1) is 11.0 Å². The summed E-state index contributed by atoms with van der Waals surface area (Å²) in [7, 11) is -2.59. The second-order valence-electron chi connectivity index (χ2n) is 4.96. The first-order valence-electron chi connectivity index (χ1n) is 7.44. The van der Waals surface area contributed by atoms with Gasteiger partial charge in [-0.25, -0.2) is 0 Å². The maximum Gasteiger partial charge on any atom is 0.696 e. The van der Waals surface area contributed by atoms with E-state index in [2.05, 4.69) is 13.8 Å². The van der Waals surface area contributed by atoms with Gasteiger partial charge in [-0.2, -0.15) is 0 Å². The Morgan fingerprint density at radius 1 is 0.955 bits per heavy atom. The summed E-state index contributed by atoms with van der Waals surface area (Å²) in [5, 5.41) is 2.23. The summed E-state index contributed by atoms with van der Waals surface area (Å²) in [5.41, 5.74) is 1.99. The molecular formula is C17H21NO3P+. The number of para-hydroxylation sites is 2. The molecule has 0 spiro atoms. The van der Waals surface area contributed by atoms with Crippen LogP contribution in [0, 0.1) is 0 Å². The first-order chi connectivity index (χ1) is 10.7. The SMILES string of the molecule is CCCC.O=[P+](O)OCn1c2ccccc2c2ccccc21. The standard InChI is InChI=1S/C13H10NO3P.C4H10/c15-18(16)17-9-14-12-7-3-1-5-10(12)11-6-2-4-8-13(11)14;1-3-4-2/h1-8H,9H2;3-4H2,1-2H3/p+1. The van der Waals surface area contributed by atoms with E-state index in [1.165, 1.54) is 12.8 Å². The molecule has 22 heavy (non-hydrogen) atoms. The van der Waals surface area contributed by atoms with Crippen LogP contribution in [-0.4, -0.2) is 9.46 Å². The normalized spacial score (nSPS) is 11.3. The van der Waals surface area contributed by atoms with E-state index >= 15 is 0 Å². The van der Waals surface area contributed by atoms with Gasteiger partial charge in [0.15, 0.2) is 6.73 Å². The summed E-state index contributed by atoms with van der Waals surface area (Å²) in [5.74, 6) is 0. The van der Waals surface area contributed by atoms with Gasteiger partial charge in [0.2, 0.25) is 0 Å². The molecule has 0 fully saturated rings. The van der Waals surface area contributed by atoms with Crippen LogP contribution < -0.4 is 0 Å². The van der Waals surface area contributed by atoms with Crippen molar-refractivity contribution in [3.05, 3.63) is 48.5 Å². The average molecular weight is 318 g/mol. The first-order valence-corrected chi connectivity index (χ1v) is 8.57. The van der Waals surface area contributed by atoms with Gasteiger partial charge in [0.25, 0.3) is 0 Å². The highest BCUT2D eigenvalue weighted by atomic mass is 31.1. The van der Waals surface area contributed by atoms with Crippen LogP contribution in [0.5, 0.6) is 0 Å². The Morgan fingerprint density at radius 3 is 1.82 bits per heavy atom. The van der Waals surface area contributed by atoms with Gasteiger partial charge in [-0.1, -0.05) is 67.6 Å². The fourth-order valence-corrected chi connectivity index (χ4v) is 2.46. The van der Waals surface area contributed by atoms with Crippen LogP contribution in [0.25, 0.3) is 21.8 Å². The highest BCUT2D eigenvalue weighted by Crippen LogP contribution is 2.29. The van der Waals surface area contributed by atoms with Crippen molar-refractivity contribution in [3.63, 3.8) is 0 Å². The van der Waals surface area contributed by atoms with Crippen LogP contribution in [0.3, 0.4) is 0 Å². The first kappa shape index (κ1) is 16.6. The number of fused-ring (bicyclic) bond motifs is 3. The highest BCUT2D eigenvalue weighted by molar-refractivity contribution is 7.32. The quantitative estimate of drug-likeness (QED) is 0.671. The molecule has 1 N–H and O–H groups in total. The number of hydrogen-bond donors (Lipinski definition) is 1. The Kier molecular flexibility index (Phi) is 6.08. The van der Waals surface area contributed by atoms with Crippen molar-refractivity contribution in [3.8, 4) is 0 Å². The average Bonchev–Trinajstić information content (AvgIpc) is 2.87. The molecule has 0 aliphatic heterocycles. The number of benzene rings is 2. The molecule has 5 heteroatoms. The minimum atomic E-state index is -2.59. The minimum absolute atomic E-state index is 0.0692. The van der Waals surface area contributed by atoms with E-state index in [0.717, 1.165) is 21.8 Å². The summed E-state index contributed by atoms with van der Waals surface area (Å²) < 4.78 is 17.4. The fraction of sp³-hybridized carbons (Fsp3) is 0.294. The maximum atomic E-state index is 10.7. The summed E-state index contributed by atoms with van der Waals surface area (Å²) in [6.07, 6.45) is 2.64. The molecule has 3 rings (SSSR count). The zero-order chi connectivity index (χ0) is 15.9. The smallest absolute Gasteiger partial charge is 0.312 e. The van der Waals surface area contributed by atoms with E-state index in [0.29, 0.717) is 0 Å². The third kappa shape index (κ3) is 3.72. The number of rotatable bonds is 4. The predicted octanol–water partition coefficient (Wildman–Crippen LogP) is 5.22. The molecule has 3 aromatic rings. The Hall–Kier alpha value is -1.74. The Morgan fingerprint density at radius 2 is 1.41 bits per heavy atom. The molecule has 0 aliphatic carbocycles. The predicted molar refractivity (Wildman–Crippen MR) is 90.9 cm³/mol. The van der Waals surface area contributed by atoms with Gasteiger partial charge >= 0.3 is 8.25 Å². The van der Waals surface area contributed by atoms with Crippen molar-refractivity contribution < 1.29 is 14.0 Å². The van der Waals surface area contributed by atoms with Gasteiger partial charge in [0.1, 0.15) is 0 Å². The third-order valence-corrected chi connectivity index (χ3v) is 3.81. The van der Waals surface area contributed by atoms with E-state index in [1.54, 1.807) is 0 Å². The van der Waals surface area contributed by atoms with Crippen LogP contribution in [0.4, 0.5) is 0 Å². The van der Waals surface area contributed by atoms with Crippen molar-refractivity contribution in [2.45, 2.75) is 33.4 Å². The van der Waals surface area contributed by atoms with Crippen molar-refractivity contribution >= 4 is 30.1 Å². The van der Waals surface area contributed by atoms with Gasteiger partial charge in [-0.15, -0.1) is 4.89 Å². The van der Waals surface area contributed by atoms with Crippen LogP contribution in [0.15, 0.2) is 48.5 Å². The number of aromatic nitrogens is 1. The van der Waals surface area contributed by atoms with Crippen molar-refractivity contribution in [1.29, 1.82) is 0 Å². The number of unbranched alkanes of at least 4 members (excludes halogenated alkanes) is 1. The number of nitrogens with zero attached hydrogens (tertiary/aromatic N) is 1. The van der Waals surface area contributed by atoms with Gasteiger partial charge in [-0.3, -0.25) is 0 Å². The van der Waals surface area contributed by atoms with Gasteiger partial charge in [-0.05, 0) is 12.1 Å². The lowest BCUT2D eigenvalue weighted by Gasteiger charge is -2.01. The molecule has 116 valence electrons. The fourth-order valence-electron chi connectivity index (χ4n) is 2.25. The molecule has 1 heterocycles. The van der Waals surface area contributed by atoms with Crippen LogP contribution >= 0.6 is 8.25 Å². The minimum Gasteiger partial charge on any atom is -0.312 e. The summed E-state index contributed by atoms with van der Waals surface area (Å²) in [6, 6.07) is 15.9. The molecule has 0 radical (unpaired) electrons. The maximum absolute atomic E-state index is 10.7. The van der Waals surface area contributed by atoms with E-state index in [1.807, 2.05) is 53.1 Å². The summed E-state index contributed by atoms with van der Waals surface area (Å²) in [6.45, 7) is 4.43. The molecule has 1 aromatic heterocycles. The lowest BCUT2D eigenvalue weighted by atomic mass is 10.2. The van der Waals surface area contributed by atoms with Gasteiger partial charge in [0, 0.05) is 15.3 Å². The third-order valence-electron chi connectivity index (χ3n) is 3.48. The molecule has 2 aromatic carbocycles. The van der Waals surface area contributed by atoms with Crippen LogP contribution in [0.2, 0.25) is 0 Å². The van der Waals surface area contributed by atoms with Crippen molar-refractivity contribution in [2.24, 2.45) is 0 Å². The van der Waals surface area contributed by atoms with Crippen LogP contribution in [-0.2, 0) is 15.8 Å². The molecule has 1 atom stereocenters. The second kappa shape index (κ2) is 8.04. The molecule has 0 saturated carbocycles. The zero-order valence-corrected chi connectivity index (χ0v) is 13.8. The van der Waals surface area contributed by atoms with Crippen LogP contribution in [0.1, 0.15) is 26.7 Å². The molecule has 1 unspecified atom stereocenters. The number of hydrogen-bond acceptors (Lipinski definition) is 2. The molecule has 0 bridgehead atoms. The van der Waals surface area contributed by atoms with E-state index in [4.69, 9.17) is 9.42 Å². The van der Waals surface area contributed by atoms with Gasteiger partial charge < -0.3 is 4.57 Å². The zero-order valence-electron chi connectivity index (χ0n) is 12.9. The monoisotopic (exact) mass is 318 g/mol. The van der Waals surface area contributed by atoms with Crippen molar-refractivity contribution in [2.75, 3.05) is 0 Å². The molecule has 0 amide bonds. The molecule has 4 nitrogen and oxygen atoms in total. The molecule has 0 saturated heterocycles. The Labute approximate surface area is 131 Å². The topological polar surface area (TPSA) is 51.5 Å². The Bertz CT molecular complexity index is 712. The van der Waals surface area contributed by atoms with E-state index < -0.39 is 8.25 Å². The lowest BCUT2D eigenvalue weighted by molar-refractivity contribution is 0.226. The highest BCUT2D eigenvalue weighted by Gasteiger charge is 2.15. The molecular weight excluding hydrogens is 297 g/mol. The van der Waals surface area contributed by atoms with Crippen molar-refractivity contribution in [1.82, 2.24) is 4.57 Å². The second-order valence-corrected chi connectivity index (χ2v) is 5.69. The summed E-state index contributed by atoms with van der Waals surface area (Å²) in [4.78, 5) is 8.77. The van der Waals surface area contributed by atoms with E-state index in [9.17, 15) is 4.57 Å². The lowest BCUT2D eigenvalue weighted by Crippen LogP contribution is -1.97. The molecule has 0 aliphatic rings. The van der Waals surface area contributed by atoms with E-state index in [-0.39, 0.29) is 6.73 Å².